The first-order valence-electron chi connectivity index (χ1n) is 5.89. The Balaban J connectivity index is 1.99. The lowest BCUT2D eigenvalue weighted by molar-refractivity contribution is 0.0594. The Hall–Kier alpha value is -0.420. The zero-order valence-electron chi connectivity index (χ0n) is 9.60. The fourth-order valence-corrected chi connectivity index (χ4v) is 2.56. The van der Waals surface area contributed by atoms with Gasteiger partial charge in [-0.25, -0.2) is 4.98 Å². The van der Waals surface area contributed by atoms with E-state index < -0.39 is 0 Å². The van der Waals surface area contributed by atoms with Crippen LogP contribution in [0.5, 0.6) is 0 Å². The SMILES string of the molecule is CCCn1ncnc1CC1COCCC1Br. The monoisotopic (exact) mass is 287 g/mol. The largest absolute Gasteiger partial charge is 0.381 e. The maximum Gasteiger partial charge on any atom is 0.138 e. The molecule has 1 saturated heterocycles. The quantitative estimate of drug-likeness (QED) is 0.796. The summed E-state index contributed by atoms with van der Waals surface area (Å²) in [4.78, 5) is 4.89. The van der Waals surface area contributed by atoms with Crippen molar-refractivity contribution in [2.45, 2.75) is 37.6 Å². The van der Waals surface area contributed by atoms with Crippen molar-refractivity contribution in [3.05, 3.63) is 12.2 Å². The summed E-state index contributed by atoms with van der Waals surface area (Å²) in [6, 6.07) is 0. The molecule has 0 N–H and O–H groups in total. The van der Waals surface area contributed by atoms with E-state index in [0.717, 1.165) is 44.8 Å². The van der Waals surface area contributed by atoms with Gasteiger partial charge < -0.3 is 4.74 Å². The number of aromatic nitrogens is 3. The first-order chi connectivity index (χ1) is 7.81. The summed E-state index contributed by atoms with van der Waals surface area (Å²) in [7, 11) is 0. The lowest BCUT2D eigenvalue weighted by Crippen LogP contribution is -2.30. The van der Waals surface area contributed by atoms with Crippen molar-refractivity contribution >= 4 is 15.9 Å². The van der Waals surface area contributed by atoms with Crippen molar-refractivity contribution < 1.29 is 4.74 Å². The average molecular weight is 288 g/mol. The van der Waals surface area contributed by atoms with Crippen LogP contribution in [0.4, 0.5) is 0 Å². The van der Waals surface area contributed by atoms with Gasteiger partial charge in [-0.2, -0.15) is 5.10 Å². The van der Waals surface area contributed by atoms with Crippen LogP contribution in [0.1, 0.15) is 25.6 Å². The Morgan fingerprint density at radius 1 is 1.62 bits per heavy atom. The number of ether oxygens (including phenoxy) is 1. The van der Waals surface area contributed by atoms with Gasteiger partial charge in [-0.05, 0) is 12.8 Å². The van der Waals surface area contributed by atoms with Crippen molar-refractivity contribution in [1.82, 2.24) is 14.8 Å². The van der Waals surface area contributed by atoms with E-state index in [9.17, 15) is 0 Å². The fraction of sp³-hybridized carbons (Fsp3) is 0.818. The summed E-state index contributed by atoms with van der Waals surface area (Å²) in [5.74, 6) is 1.61. The highest BCUT2D eigenvalue weighted by molar-refractivity contribution is 9.09. The summed E-state index contributed by atoms with van der Waals surface area (Å²) >= 11 is 3.73. The maximum absolute atomic E-state index is 5.51. The molecule has 0 spiro atoms. The predicted octanol–water partition coefficient (Wildman–Crippen LogP) is 2.03. The van der Waals surface area contributed by atoms with Crippen LogP contribution in [0.3, 0.4) is 0 Å². The summed E-state index contributed by atoms with van der Waals surface area (Å²) < 4.78 is 7.52. The molecule has 2 rings (SSSR count). The Bertz CT molecular complexity index is 329. The van der Waals surface area contributed by atoms with Gasteiger partial charge in [0.25, 0.3) is 0 Å². The highest BCUT2D eigenvalue weighted by atomic mass is 79.9. The maximum atomic E-state index is 5.51. The number of halogens is 1. The van der Waals surface area contributed by atoms with Crippen LogP contribution in [0.2, 0.25) is 0 Å². The normalized spacial score (nSPS) is 25.9. The lowest BCUT2D eigenvalue weighted by atomic mass is 9.98. The van der Waals surface area contributed by atoms with Gasteiger partial charge in [0.15, 0.2) is 0 Å². The van der Waals surface area contributed by atoms with Gasteiger partial charge >= 0.3 is 0 Å². The number of hydrogen-bond acceptors (Lipinski definition) is 3. The molecule has 2 atom stereocenters. The third-order valence-corrected chi connectivity index (χ3v) is 4.16. The van der Waals surface area contributed by atoms with E-state index >= 15 is 0 Å². The van der Waals surface area contributed by atoms with Crippen LogP contribution in [0.25, 0.3) is 0 Å². The summed E-state index contributed by atoms with van der Waals surface area (Å²) in [5.41, 5.74) is 0. The minimum absolute atomic E-state index is 0.522. The Labute approximate surface area is 105 Å². The molecule has 4 nitrogen and oxygen atoms in total. The van der Waals surface area contributed by atoms with E-state index in [1.807, 2.05) is 4.68 Å². The molecule has 0 aromatic carbocycles. The van der Waals surface area contributed by atoms with Crippen LogP contribution < -0.4 is 0 Å². The predicted molar refractivity (Wildman–Crippen MR) is 65.7 cm³/mol. The van der Waals surface area contributed by atoms with E-state index in [-0.39, 0.29) is 0 Å². The Kier molecular flexibility index (Phi) is 4.35. The molecule has 90 valence electrons. The van der Waals surface area contributed by atoms with Gasteiger partial charge in [-0.1, -0.05) is 22.9 Å². The standard InChI is InChI=1S/C11H18BrN3O/c1-2-4-15-11(13-8-14-15)6-9-7-16-5-3-10(9)12/h8-10H,2-7H2,1H3. The first kappa shape index (κ1) is 12.0. The molecule has 0 saturated carbocycles. The molecule has 0 bridgehead atoms. The third kappa shape index (κ3) is 2.83. The highest BCUT2D eigenvalue weighted by Gasteiger charge is 2.25. The molecule has 1 aliphatic heterocycles. The van der Waals surface area contributed by atoms with Crippen LogP contribution in [-0.2, 0) is 17.7 Å². The molecule has 2 unspecified atom stereocenters. The molecular weight excluding hydrogens is 270 g/mol. The van der Waals surface area contributed by atoms with Crippen LogP contribution in [0, 0.1) is 5.92 Å². The van der Waals surface area contributed by atoms with E-state index in [2.05, 4.69) is 32.9 Å². The molecule has 1 fully saturated rings. The van der Waals surface area contributed by atoms with Crippen LogP contribution in [-0.4, -0.2) is 32.8 Å². The fourth-order valence-electron chi connectivity index (χ4n) is 2.04. The highest BCUT2D eigenvalue weighted by Crippen LogP contribution is 2.24. The van der Waals surface area contributed by atoms with Crippen molar-refractivity contribution in [2.75, 3.05) is 13.2 Å². The lowest BCUT2D eigenvalue weighted by Gasteiger charge is -2.27. The molecule has 1 aromatic rings. The molecule has 1 aromatic heterocycles. The number of rotatable bonds is 4. The molecule has 0 amide bonds. The molecule has 1 aliphatic rings. The number of nitrogens with zero attached hydrogens (tertiary/aromatic N) is 3. The first-order valence-corrected chi connectivity index (χ1v) is 6.81. The van der Waals surface area contributed by atoms with Gasteiger partial charge in [0.1, 0.15) is 12.2 Å². The molecule has 16 heavy (non-hydrogen) atoms. The van der Waals surface area contributed by atoms with Gasteiger partial charge in [-0.3, -0.25) is 4.68 Å². The Morgan fingerprint density at radius 3 is 3.25 bits per heavy atom. The van der Waals surface area contributed by atoms with Gasteiger partial charge in [0.2, 0.25) is 0 Å². The molecule has 5 heteroatoms. The smallest absolute Gasteiger partial charge is 0.138 e. The van der Waals surface area contributed by atoms with Gasteiger partial charge in [-0.15, -0.1) is 0 Å². The van der Waals surface area contributed by atoms with Crippen molar-refractivity contribution in [3.8, 4) is 0 Å². The zero-order valence-corrected chi connectivity index (χ0v) is 11.2. The number of alkyl halides is 1. The summed E-state index contributed by atoms with van der Waals surface area (Å²) in [5, 5.41) is 4.25. The minimum Gasteiger partial charge on any atom is -0.381 e. The number of hydrogen-bond donors (Lipinski definition) is 0. The van der Waals surface area contributed by atoms with E-state index in [1.54, 1.807) is 6.33 Å². The minimum atomic E-state index is 0.522. The third-order valence-electron chi connectivity index (χ3n) is 2.96. The van der Waals surface area contributed by atoms with Gasteiger partial charge in [0.05, 0.1) is 6.61 Å². The van der Waals surface area contributed by atoms with Crippen molar-refractivity contribution in [2.24, 2.45) is 5.92 Å². The van der Waals surface area contributed by atoms with E-state index in [1.165, 1.54) is 0 Å². The second-order valence-corrected chi connectivity index (χ2v) is 5.42. The topological polar surface area (TPSA) is 39.9 Å². The average Bonchev–Trinajstić information content (AvgIpc) is 2.70. The second-order valence-electron chi connectivity index (χ2n) is 4.24. The Morgan fingerprint density at radius 2 is 2.50 bits per heavy atom. The molecule has 0 aliphatic carbocycles. The van der Waals surface area contributed by atoms with Crippen LogP contribution >= 0.6 is 15.9 Å². The zero-order chi connectivity index (χ0) is 11.4. The molecule has 2 heterocycles. The van der Waals surface area contributed by atoms with Gasteiger partial charge in [0, 0.05) is 30.3 Å². The number of aryl methyl sites for hydroxylation is 1. The van der Waals surface area contributed by atoms with E-state index in [4.69, 9.17) is 4.74 Å². The van der Waals surface area contributed by atoms with E-state index in [0.29, 0.717) is 10.7 Å². The van der Waals surface area contributed by atoms with Crippen molar-refractivity contribution in [1.29, 1.82) is 0 Å². The second kappa shape index (κ2) is 5.77. The summed E-state index contributed by atoms with van der Waals surface area (Å²) in [6.45, 7) is 4.81. The molecule has 0 radical (unpaired) electrons. The van der Waals surface area contributed by atoms with Crippen molar-refractivity contribution in [3.63, 3.8) is 0 Å². The summed E-state index contributed by atoms with van der Waals surface area (Å²) in [6.07, 6.45) is 4.79. The molecular formula is C11H18BrN3O. The van der Waals surface area contributed by atoms with Crippen LogP contribution in [0.15, 0.2) is 6.33 Å².